The van der Waals surface area contributed by atoms with Crippen LogP contribution in [-0.4, -0.2) is 40.9 Å². The SMILES string of the molecule is O=C(NCCC12CC3CC(CC(O)(C3)C1)C2)c1cn(C2COC2)c2cccc(Cl)c12. The summed E-state index contributed by atoms with van der Waals surface area (Å²) in [4.78, 5) is 13.1. The van der Waals surface area contributed by atoms with E-state index in [1.54, 1.807) is 0 Å². The molecule has 160 valence electrons. The van der Waals surface area contributed by atoms with E-state index in [-0.39, 0.29) is 17.4 Å². The highest BCUT2D eigenvalue weighted by Gasteiger charge is 2.56. The zero-order chi connectivity index (χ0) is 20.5. The molecule has 2 unspecified atom stereocenters. The Hall–Kier alpha value is -1.56. The zero-order valence-electron chi connectivity index (χ0n) is 17.2. The molecule has 2 heterocycles. The van der Waals surface area contributed by atoms with Crippen molar-refractivity contribution in [1.82, 2.24) is 9.88 Å². The molecular formula is C24H29ClN2O3. The lowest BCUT2D eigenvalue weighted by atomic mass is 9.47. The molecule has 5 aliphatic rings. The Bertz CT molecular complexity index is 997. The van der Waals surface area contributed by atoms with E-state index < -0.39 is 5.60 Å². The molecule has 4 aliphatic carbocycles. The number of aromatic nitrogens is 1. The first kappa shape index (κ1) is 19.1. The van der Waals surface area contributed by atoms with Crippen molar-refractivity contribution in [2.75, 3.05) is 19.8 Å². The molecule has 1 amide bonds. The van der Waals surface area contributed by atoms with Crippen LogP contribution in [0.25, 0.3) is 10.9 Å². The first-order valence-electron chi connectivity index (χ1n) is 11.3. The van der Waals surface area contributed by atoms with Gasteiger partial charge < -0.3 is 19.7 Å². The summed E-state index contributed by atoms with van der Waals surface area (Å²) in [6, 6.07) is 6.06. The third-order valence-electron chi connectivity index (χ3n) is 8.16. The van der Waals surface area contributed by atoms with Crippen molar-refractivity contribution in [3.8, 4) is 0 Å². The van der Waals surface area contributed by atoms with E-state index in [0.29, 0.717) is 42.2 Å². The molecule has 7 rings (SSSR count). The second kappa shape index (κ2) is 6.72. The highest BCUT2D eigenvalue weighted by atomic mass is 35.5. The summed E-state index contributed by atoms with van der Waals surface area (Å²) in [5.41, 5.74) is 1.40. The number of fused-ring (bicyclic) bond motifs is 1. The third-order valence-corrected chi connectivity index (χ3v) is 8.47. The molecule has 2 atom stereocenters. The molecule has 4 saturated carbocycles. The minimum atomic E-state index is -0.445. The van der Waals surface area contributed by atoms with Gasteiger partial charge in [-0.05, 0) is 74.3 Å². The fraction of sp³-hybridized carbons (Fsp3) is 0.625. The number of carbonyl (C=O) groups excluding carboxylic acids is 1. The van der Waals surface area contributed by atoms with Gasteiger partial charge in [-0.15, -0.1) is 0 Å². The molecule has 0 radical (unpaired) electrons. The van der Waals surface area contributed by atoms with Crippen LogP contribution in [0.4, 0.5) is 0 Å². The number of ether oxygens (including phenoxy) is 1. The van der Waals surface area contributed by atoms with Crippen molar-refractivity contribution in [3.63, 3.8) is 0 Å². The number of nitrogens with one attached hydrogen (secondary N) is 1. The maximum Gasteiger partial charge on any atom is 0.253 e. The van der Waals surface area contributed by atoms with Gasteiger partial charge in [-0.2, -0.15) is 0 Å². The smallest absolute Gasteiger partial charge is 0.253 e. The molecule has 1 saturated heterocycles. The normalized spacial score (nSPS) is 35.0. The number of hydrogen-bond acceptors (Lipinski definition) is 3. The van der Waals surface area contributed by atoms with Crippen LogP contribution >= 0.6 is 11.6 Å². The minimum Gasteiger partial charge on any atom is -0.390 e. The van der Waals surface area contributed by atoms with Gasteiger partial charge in [0.2, 0.25) is 0 Å². The predicted molar refractivity (Wildman–Crippen MR) is 116 cm³/mol. The van der Waals surface area contributed by atoms with E-state index in [4.69, 9.17) is 16.3 Å². The van der Waals surface area contributed by atoms with Crippen LogP contribution in [0.5, 0.6) is 0 Å². The molecule has 5 fully saturated rings. The van der Waals surface area contributed by atoms with Gasteiger partial charge >= 0.3 is 0 Å². The first-order chi connectivity index (χ1) is 14.4. The quantitative estimate of drug-likeness (QED) is 0.745. The highest BCUT2D eigenvalue weighted by Crippen LogP contribution is 2.62. The van der Waals surface area contributed by atoms with Crippen LogP contribution in [0.2, 0.25) is 5.02 Å². The molecule has 1 aliphatic heterocycles. The summed E-state index contributed by atoms with van der Waals surface area (Å²) >= 11 is 6.49. The largest absolute Gasteiger partial charge is 0.390 e. The van der Waals surface area contributed by atoms with Gasteiger partial charge in [0.15, 0.2) is 0 Å². The summed E-state index contributed by atoms with van der Waals surface area (Å²) in [7, 11) is 0. The van der Waals surface area contributed by atoms with Crippen molar-refractivity contribution < 1.29 is 14.6 Å². The van der Waals surface area contributed by atoms with Crippen LogP contribution in [-0.2, 0) is 4.74 Å². The predicted octanol–water partition coefficient (Wildman–Crippen LogP) is 4.32. The summed E-state index contributed by atoms with van der Waals surface area (Å²) in [6.45, 7) is 1.99. The lowest BCUT2D eigenvalue weighted by molar-refractivity contribution is -0.165. The summed E-state index contributed by atoms with van der Waals surface area (Å²) in [5.74, 6) is 1.29. The van der Waals surface area contributed by atoms with Crippen molar-refractivity contribution >= 4 is 28.4 Å². The van der Waals surface area contributed by atoms with E-state index in [0.717, 1.165) is 36.6 Å². The summed E-state index contributed by atoms with van der Waals surface area (Å²) in [5, 5.41) is 15.6. The van der Waals surface area contributed by atoms with Crippen LogP contribution in [0.3, 0.4) is 0 Å². The maximum absolute atomic E-state index is 13.1. The number of aliphatic hydroxyl groups is 1. The van der Waals surface area contributed by atoms with Crippen LogP contribution in [0.15, 0.2) is 24.4 Å². The van der Waals surface area contributed by atoms with Crippen LogP contribution in [0, 0.1) is 17.3 Å². The lowest BCUT2D eigenvalue weighted by Gasteiger charge is -2.60. The number of halogens is 1. The van der Waals surface area contributed by atoms with Crippen molar-refractivity contribution in [3.05, 3.63) is 35.0 Å². The molecule has 1 aromatic carbocycles. The second-order valence-corrected chi connectivity index (χ2v) is 10.9. The Morgan fingerprint density at radius 2 is 2.00 bits per heavy atom. The molecular weight excluding hydrogens is 400 g/mol. The number of benzene rings is 1. The van der Waals surface area contributed by atoms with E-state index in [1.165, 1.54) is 19.3 Å². The maximum atomic E-state index is 13.1. The van der Waals surface area contributed by atoms with Crippen molar-refractivity contribution in [2.45, 2.75) is 56.6 Å². The summed E-state index contributed by atoms with van der Waals surface area (Å²) in [6.07, 6.45) is 9.50. The van der Waals surface area contributed by atoms with Crippen LogP contribution in [0.1, 0.15) is 61.3 Å². The van der Waals surface area contributed by atoms with Gasteiger partial charge in [-0.25, -0.2) is 0 Å². The van der Waals surface area contributed by atoms with Gasteiger partial charge in [0.05, 0.1) is 41.0 Å². The Morgan fingerprint density at radius 1 is 1.23 bits per heavy atom. The molecule has 4 bridgehead atoms. The Kier molecular flexibility index (Phi) is 4.29. The topological polar surface area (TPSA) is 63.5 Å². The minimum absolute atomic E-state index is 0.0597. The summed E-state index contributed by atoms with van der Waals surface area (Å²) < 4.78 is 7.49. The highest BCUT2D eigenvalue weighted by molar-refractivity contribution is 6.36. The Balaban J connectivity index is 1.20. The third kappa shape index (κ3) is 3.01. The number of hydrogen-bond donors (Lipinski definition) is 2. The van der Waals surface area contributed by atoms with Gasteiger partial charge in [0, 0.05) is 18.1 Å². The molecule has 1 aromatic heterocycles. The second-order valence-electron chi connectivity index (χ2n) is 10.5. The monoisotopic (exact) mass is 428 g/mol. The molecule has 5 nitrogen and oxygen atoms in total. The standard InChI is InChI=1S/C24H29ClN2O3/c25-19-2-1-3-20-21(19)18(11-27(20)17-12-30-13-17)22(28)26-5-4-23-7-15-6-16(8-23)10-24(29,9-15)14-23/h1-3,11,15-17,29H,4-10,12-14H2,(H,26,28). The average Bonchev–Trinajstić information content (AvgIpc) is 2.99. The molecule has 2 N–H and O–H groups in total. The van der Waals surface area contributed by atoms with Crippen LogP contribution < -0.4 is 5.32 Å². The number of carbonyl (C=O) groups is 1. The fourth-order valence-corrected chi connectivity index (χ4v) is 7.63. The molecule has 0 spiro atoms. The Labute approximate surface area is 181 Å². The molecule has 2 aromatic rings. The van der Waals surface area contributed by atoms with E-state index in [9.17, 15) is 9.90 Å². The van der Waals surface area contributed by atoms with Gasteiger partial charge in [-0.3, -0.25) is 4.79 Å². The van der Waals surface area contributed by atoms with E-state index >= 15 is 0 Å². The Morgan fingerprint density at radius 3 is 2.67 bits per heavy atom. The molecule has 6 heteroatoms. The number of amides is 1. The van der Waals surface area contributed by atoms with Crippen molar-refractivity contribution in [1.29, 1.82) is 0 Å². The van der Waals surface area contributed by atoms with Gasteiger partial charge in [0.1, 0.15) is 0 Å². The first-order valence-corrected chi connectivity index (χ1v) is 11.7. The zero-order valence-corrected chi connectivity index (χ0v) is 18.0. The fourth-order valence-electron chi connectivity index (χ4n) is 7.36. The van der Waals surface area contributed by atoms with Gasteiger partial charge in [-0.1, -0.05) is 17.7 Å². The molecule has 30 heavy (non-hydrogen) atoms. The van der Waals surface area contributed by atoms with Crippen molar-refractivity contribution in [2.24, 2.45) is 17.3 Å². The average molecular weight is 429 g/mol. The van der Waals surface area contributed by atoms with E-state index in [1.807, 2.05) is 24.4 Å². The lowest BCUT2D eigenvalue weighted by Crippen LogP contribution is -2.56. The number of rotatable bonds is 5. The van der Waals surface area contributed by atoms with E-state index in [2.05, 4.69) is 9.88 Å². The number of nitrogens with zero attached hydrogens (tertiary/aromatic N) is 1. The van der Waals surface area contributed by atoms with Gasteiger partial charge in [0.25, 0.3) is 5.91 Å².